The maximum absolute atomic E-state index is 9.00. The predicted octanol–water partition coefficient (Wildman–Crippen LogP) is 0.0971. The number of rotatable bonds is 1. The fraction of sp³-hybridized carbons (Fsp3) is 0.429. The number of nitrogens with zero attached hydrogens (tertiary/aromatic N) is 2. The van der Waals surface area contributed by atoms with Crippen LogP contribution in [0.2, 0.25) is 0 Å². The fourth-order valence-corrected chi connectivity index (χ4v) is 0.251. The number of hydrogen-bond acceptors (Lipinski definition) is 2. The second kappa shape index (κ2) is 7.59. The largest absolute Gasteiger partial charge is 0.481 e. The maximum Gasteiger partial charge on any atom is 0.300 e. The zero-order chi connectivity index (χ0) is 10.1. The molecule has 70 valence electrons. The van der Waals surface area contributed by atoms with Crippen LogP contribution in [0.5, 0.6) is 0 Å². The van der Waals surface area contributed by atoms with E-state index in [1.165, 1.54) is 0 Å². The Kier molecular flexibility index (Phi) is 8.28. The Morgan fingerprint density at radius 3 is 2.17 bits per heavy atom. The van der Waals surface area contributed by atoms with E-state index >= 15 is 0 Å². The molecule has 0 atom stereocenters. The van der Waals surface area contributed by atoms with E-state index in [1.54, 1.807) is 25.2 Å². The normalized spacial score (nSPS) is 9.42. The van der Waals surface area contributed by atoms with Gasteiger partial charge >= 0.3 is 0 Å². The summed E-state index contributed by atoms with van der Waals surface area (Å²) in [6.07, 6.45) is 1.60. The quantitative estimate of drug-likeness (QED) is 0.435. The molecule has 0 aromatic rings. The van der Waals surface area contributed by atoms with Gasteiger partial charge in [0.15, 0.2) is 5.96 Å². The average Bonchev–Trinajstić information content (AvgIpc) is 2.00. The highest BCUT2D eigenvalue weighted by atomic mass is 16.4. The second-order valence-electron chi connectivity index (χ2n) is 1.89. The molecule has 3 N–H and O–H groups in total. The topological polar surface area (TPSA) is 78.9 Å². The van der Waals surface area contributed by atoms with E-state index in [0.29, 0.717) is 5.96 Å². The molecule has 0 fully saturated rings. The van der Waals surface area contributed by atoms with Crippen LogP contribution < -0.4 is 5.73 Å². The number of carboxylic acid groups (broad SMARTS) is 1. The lowest BCUT2D eigenvalue weighted by Crippen LogP contribution is -2.28. The van der Waals surface area contributed by atoms with Crippen LogP contribution in [0, 0.1) is 0 Å². The number of aliphatic carboxylic acids is 1. The van der Waals surface area contributed by atoms with Gasteiger partial charge in [-0.3, -0.25) is 9.79 Å². The molecule has 0 aromatic carbocycles. The van der Waals surface area contributed by atoms with Gasteiger partial charge in [-0.1, -0.05) is 6.58 Å². The molecule has 0 spiro atoms. The van der Waals surface area contributed by atoms with Crippen LogP contribution in [-0.4, -0.2) is 36.0 Å². The Hall–Kier alpha value is -1.52. The monoisotopic (exact) mass is 173 g/mol. The smallest absolute Gasteiger partial charge is 0.300 e. The minimum absolute atomic E-state index is 0.472. The van der Waals surface area contributed by atoms with Crippen molar-refractivity contribution in [1.82, 2.24) is 4.90 Å². The number of hydrogen-bond donors (Lipinski definition) is 2. The predicted molar refractivity (Wildman–Crippen MR) is 48.8 cm³/mol. The number of carboxylic acids is 1. The molecule has 0 saturated carbocycles. The summed E-state index contributed by atoms with van der Waals surface area (Å²) in [6, 6.07) is 0. The van der Waals surface area contributed by atoms with Gasteiger partial charge in [-0.15, -0.1) is 0 Å². The maximum atomic E-state index is 9.00. The van der Waals surface area contributed by atoms with Crippen LogP contribution in [0.3, 0.4) is 0 Å². The highest BCUT2D eigenvalue weighted by Crippen LogP contribution is 1.77. The number of aliphatic imine (C=N–C) groups is 1. The minimum Gasteiger partial charge on any atom is -0.481 e. The van der Waals surface area contributed by atoms with Gasteiger partial charge in [-0.2, -0.15) is 0 Å². The number of guanidine groups is 1. The van der Waals surface area contributed by atoms with Gasteiger partial charge in [0.2, 0.25) is 0 Å². The zero-order valence-electron chi connectivity index (χ0n) is 7.61. The lowest BCUT2D eigenvalue weighted by molar-refractivity contribution is -0.134. The lowest BCUT2D eigenvalue weighted by Gasteiger charge is -2.09. The van der Waals surface area contributed by atoms with Crippen molar-refractivity contribution in [2.75, 3.05) is 14.1 Å². The molecular weight excluding hydrogens is 158 g/mol. The molecule has 0 aromatic heterocycles. The van der Waals surface area contributed by atoms with Crippen molar-refractivity contribution >= 4 is 11.9 Å². The number of carbonyl (C=O) groups is 1. The molecule has 5 nitrogen and oxygen atoms in total. The third-order valence-electron chi connectivity index (χ3n) is 0.864. The van der Waals surface area contributed by atoms with E-state index in [0.717, 1.165) is 6.92 Å². The summed E-state index contributed by atoms with van der Waals surface area (Å²) in [4.78, 5) is 14.3. The first-order valence-electron chi connectivity index (χ1n) is 3.22. The molecule has 5 heteroatoms. The van der Waals surface area contributed by atoms with E-state index < -0.39 is 5.97 Å². The summed E-state index contributed by atoms with van der Waals surface area (Å²) in [5, 5.41) is 7.42. The van der Waals surface area contributed by atoms with Gasteiger partial charge in [0.1, 0.15) is 0 Å². The van der Waals surface area contributed by atoms with E-state index in [-0.39, 0.29) is 0 Å². The Bertz CT molecular complexity index is 173. The van der Waals surface area contributed by atoms with Gasteiger partial charge in [-0.05, 0) is 6.20 Å². The van der Waals surface area contributed by atoms with Crippen LogP contribution in [0.25, 0.3) is 0 Å². The molecule has 0 heterocycles. The number of nitrogens with two attached hydrogens (primary N) is 1. The van der Waals surface area contributed by atoms with Gasteiger partial charge in [0.05, 0.1) is 0 Å². The summed E-state index contributed by atoms with van der Waals surface area (Å²) in [7, 11) is 3.42. The molecule has 0 aliphatic carbocycles. The van der Waals surface area contributed by atoms with Gasteiger partial charge in [0.25, 0.3) is 5.97 Å². The SMILES string of the molecule is C=CN(C)C(N)=NC.CC(=O)O. The van der Waals surface area contributed by atoms with E-state index in [1.807, 2.05) is 0 Å². The zero-order valence-corrected chi connectivity index (χ0v) is 7.61. The van der Waals surface area contributed by atoms with Crippen molar-refractivity contribution in [2.45, 2.75) is 6.92 Å². The van der Waals surface area contributed by atoms with Crippen molar-refractivity contribution in [3.63, 3.8) is 0 Å². The second-order valence-corrected chi connectivity index (χ2v) is 1.89. The Morgan fingerprint density at radius 1 is 1.75 bits per heavy atom. The fourth-order valence-electron chi connectivity index (χ4n) is 0.251. The average molecular weight is 173 g/mol. The third-order valence-corrected chi connectivity index (χ3v) is 0.864. The van der Waals surface area contributed by atoms with Crippen molar-refractivity contribution < 1.29 is 9.90 Å². The molecule has 0 unspecified atom stereocenters. The molecule has 0 rings (SSSR count). The molecule has 0 bridgehead atoms. The molecular formula is C7H15N3O2. The molecule has 0 radical (unpaired) electrons. The first-order valence-corrected chi connectivity index (χ1v) is 3.22. The summed E-state index contributed by atoms with van der Waals surface area (Å²) >= 11 is 0. The highest BCUT2D eigenvalue weighted by Gasteiger charge is 1.89. The van der Waals surface area contributed by atoms with Crippen molar-refractivity contribution in [3.05, 3.63) is 12.8 Å². The van der Waals surface area contributed by atoms with Gasteiger partial charge < -0.3 is 15.7 Å². The van der Waals surface area contributed by atoms with E-state index in [4.69, 9.17) is 15.6 Å². The van der Waals surface area contributed by atoms with Crippen LogP contribution in [0.1, 0.15) is 6.92 Å². The molecule has 0 saturated heterocycles. The Labute approximate surface area is 72.2 Å². The highest BCUT2D eigenvalue weighted by molar-refractivity contribution is 5.78. The first kappa shape index (κ1) is 13.1. The van der Waals surface area contributed by atoms with E-state index in [2.05, 4.69) is 11.6 Å². The lowest BCUT2D eigenvalue weighted by atomic mass is 10.7. The van der Waals surface area contributed by atoms with Crippen LogP contribution in [-0.2, 0) is 4.79 Å². The van der Waals surface area contributed by atoms with Crippen molar-refractivity contribution in [1.29, 1.82) is 0 Å². The van der Waals surface area contributed by atoms with Crippen LogP contribution in [0.4, 0.5) is 0 Å². The summed E-state index contributed by atoms with van der Waals surface area (Å²) in [5.41, 5.74) is 5.33. The molecule has 12 heavy (non-hydrogen) atoms. The Morgan fingerprint density at radius 2 is 2.08 bits per heavy atom. The van der Waals surface area contributed by atoms with E-state index in [9.17, 15) is 0 Å². The minimum atomic E-state index is -0.833. The van der Waals surface area contributed by atoms with Crippen molar-refractivity contribution in [3.8, 4) is 0 Å². The molecule has 0 amide bonds. The van der Waals surface area contributed by atoms with Gasteiger partial charge in [-0.25, -0.2) is 0 Å². The van der Waals surface area contributed by atoms with Crippen LogP contribution >= 0.6 is 0 Å². The molecule has 0 aliphatic heterocycles. The third kappa shape index (κ3) is 11.3. The summed E-state index contributed by atoms with van der Waals surface area (Å²) in [6.45, 7) is 4.58. The summed E-state index contributed by atoms with van der Waals surface area (Å²) in [5.74, 6) is -0.361. The summed E-state index contributed by atoms with van der Waals surface area (Å²) < 4.78 is 0. The van der Waals surface area contributed by atoms with Crippen molar-refractivity contribution in [2.24, 2.45) is 10.7 Å². The Balaban J connectivity index is 0. The molecule has 0 aliphatic rings. The standard InChI is InChI=1S/C5H11N3.C2H4O2/c1-4-8(3)5(6)7-2;1-2(3)4/h4H,1H2,2-3H3,(H2,6,7);1H3,(H,3,4). The van der Waals surface area contributed by atoms with Crippen LogP contribution in [0.15, 0.2) is 17.8 Å². The first-order chi connectivity index (χ1) is 5.45. The van der Waals surface area contributed by atoms with Gasteiger partial charge in [0, 0.05) is 21.0 Å².